The minimum Gasteiger partial charge on any atom is -0.396 e. The van der Waals surface area contributed by atoms with E-state index < -0.39 is 10.8 Å². The van der Waals surface area contributed by atoms with E-state index in [0.29, 0.717) is 30.3 Å². The molecule has 0 bridgehead atoms. The van der Waals surface area contributed by atoms with Gasteiger partial charge in [-0.2, -0.15) is 5.26 Å². The summed E-state index contributed by atoms with van der Waals surface area (Å²) >= 11 is 0. The average molecular weight is 236 g/mol. The van der Waals surface area contributed by atoms with Gasteiger partial charge in [-0.25, -0.2) is 4.98 Å². The number of anilines is 2. The first-order chi connectivity index (χ1) is 7.70. The highest BCUT2D eigenvalue weighted by Crippen LogP contribution is 2.17. The van der Waals surface area contributed by atoms with Crippen molar-refractivity contribution in [2.24, 2.45) is 0 Å². The Morgan fingerprint density at radius 3 is 2.75 bits per heavy atom. The van der Waals surface area contributed by atoms with E-state index in [4.69, 9.17) is 11.0 Å². The van der Waals surface area contributed by atoms with Crippen LogP contribution in [0.25, 0.3) is 0 Å². The molecule has 2 rings (SSSR count). The van der Waals surface area contributed by atoms with E-state index in [0.717, 1.165) is 5.82 Å². The first kappa shape index (κ1) is 10.9. The molecule has 2 N–H and O–H groups in total. The molecule has 0 radical (unpaired) electrons. The van der Waals surface area contributed by atoms with Crippen molar-refractivity contribution < 1.29 is 4.21 Å². The lowest BCUT2D eigenvalue weighted by Gasteiger charge is -2.27. The third kappa shape index (κ3) is 2.14. The molecule has 1 fully saturated rings. The van der Waals surface area contributed by atoms with E-state index in [1.54, 1.807) is 12.1 Å². The minimum absolute atomic E-state index is 0.254. The molecule has 1 aromatic rings. The lowest BCUT2D eigenvalue weighted by molar-refractivity contribution is 0.672. The third-order valence-electron chi connectivity index (χ3n) is 2.52. The number of nitrogen functional groups attached to an aromatic ring is 1. The average Bonchev–Trinajstić information content (AvgIpc) is 2.31. The Labute approximate surface area is 96.3 Å². The highest BCUT2D eigenvalue weighted by molar-refractivity contribution is 7.85. The standard InChI is InChI=1S/C10H12N4OS/c11-7-9-8(12)1-2-10(13-9)14-3-5-16(15)6-4-14/h1-2H,3-6,12H2. The van der Waals surface area contributed by atoms with Gasteiger partial charge in [0, 0.05) is 35.4 Å². The van der Waals surface area contributed by atoms with Crippen LogP contribution in [0.1, 0.15) is 5.69 Å². The molecule has 5 nitrogen and oxygen atoms in total. The van der Waals surface area contributed by atoms with Gasteiger partial charge < -0.3 is 10.6 Å². The SMILES string of the molecule is N#Cc1nc(N2CCS(=O)CC2)ccc1N. The molecule has 0 aromatic carbocycles. The largest absolute Gasteiger partial charge is 0.396 e. The molecule has 1 saturated heterocycles. The van der Waals surface area contributed by atoms with Crippen LogP contribution in [0.5, 0.6) is 0 Å². The zero-order chi connectivity index (χ0) is 11.5. The maximum absolute atomic E-state index is 11.2. The Hall–Kier alpha value is -1.61. The summed E-state index contributed by atoms with van der Waals surface area (Å²) < 4.78 is 11.2. The number of hydrogen-bond acceptors (Lipinski definition) is 5. The van der Waals surface area contributed by atoms with Gasteiger partial charge in [0.15, 0.2) is 5.69 Å². The summed E-state index contributed by atoms with van der Waals surface area (Å²) in [5, 5.41) is 8.82. The number of nitrogens with zero attached hydrogens (tertiary/aromatic N) is 3. The summed E-state index contributed by atoms with van der Waals surface area (Å²) in [6, 6.07) is 5.44. The van der Waals surface area contributed by atoms with Crippen molar-refractivity contribution >= 4 is 22.3 Å². The molecule has 0 aliphatic carbocycles. The summed E-state index contributed by atoms with van der Waals surface area (Å²) in [4.78, 5) is 6.21. The fourth-order valence-corrected chi connectivity index (χ4v) is 2.64. The van der Waals surface area contributed by atoms with Gasteiger partial charge in [-0.15, -0.1) is 0 Å². The topological polar surface area (TPSA) is 83.0 Å². The minimum atomic E-state index is -0.705. The Kier molecular flexibility index (Phi) is 3.06. The van der Waals surface area contributed by atoms with E-state index in [9.17, 15) is 4.21 Å². The van der Waals surface area contributed by atoms with Gasteiger partial charge in [0.1, 0.15) is 11.9 Å². The zero-order valence-corrected chi connectivity index (χ0v) is 9.54. The van der Waals surface area contributed by atoms with Gasteiger partial charge >= 0.3 is 0 Å². The second kappa shape index (κ2) is 4.49. The smallest absolute Gasteiger partial charge is 0.165 e. The van der Waals surface area contributed by atoms with Crippen LogP contribution in [0.2, 0.25) is 0 Å². The van der Waals surface area contributed by atoms with Gasteiger partial charge in [0.25, 0.3) is 0 Å². The van der Waals surface area contributed by atoms with E-state index in [-0.39, 0.29) is 5.69 Å². The fourth-order valence-electron chi connectivity index (χ4n) is 1.59. The van der Waals surface area contributed by atoms with Crippen LogP contribution in [0, 0.1) is 11.3 Å². The molecule has 1 aromatic heterocycles. The van der Waals surface area contributed by atoms with Crippen LogP contribution < -0.4 is 10.6 Å². The van der Waals surface area contributed by atoms with Gasteiger partial charge in [-0.1, -0.05) is 0 Å². The molecule has 0 saturated carbocycles. The second-order valence-electron chi connectivity index (χ2n) is 3.55. The molecule has 1 aliphatic heterocycles. The maximum atomic E-state index is 11.2. The number of nitriles is 1. The normalized spacial score (nSPS) is 17.1. The summed E-state index contributed by atoms with van der Waals surface area (Å²) in [5.74, 6) is 2.06. The van der Waals surface area contributed by atoms with Crippen LogP contribution in [-0.4, -0.2) is 33.8 Å². The summed E-state index contributed by atoms with van der Waals surface area (Å²) in [5.41, 5.74) is 6.25. The Morgan fingerprint density at radius 2 is 2.12 bits per heavy atom. The zero-order valence-electron chi connectivity index (χ0n) is 8.72. The van der Waals surface area contributed by atoms with Gasteiger partial charge in [0.05, 0.1) is 5.69 Å². The molecular weight excluding hydrogens is 224 g/mol. The highest BCUT2D eigenvalue weighted by atomic mass is 32.2. The van der Waals surface area contributed by atoms with Crippen molar-refractivity contribution in [3.8, 4) is 6.07 Å². The van der Waals surface area contributed by atoms with Crippen molar-refractivity contribution in [1.82, 2.24) is 4.98 Å². The number of rotatable bonds is 1. The van der Waals surface area contributed by atoms with E-state index in [1.807, 2.05) is 11.0 Å². The lowest BCUT2D eigenvalue weighted by atomic mass is 10.3. The van der Waals surface area contributed by atoms with Crippen LogP contribution in [0.3, 0.4) is 0 Å². The molecule has 84 valence electrons. The quantitative estimate of drug-likeness (QED) is 0.748. The molecule has 16 heavy (non-hydrogen) atoms. The Balaban J connectivity index is 2.21. The predicted octanol–water partition coefficient (Wildman–Crippen LogP) is 0.104. The van der Waals surface area contributed by atoms with Crippen molar-refractivity contribution in [2.45, 2.75) is 0 Å². The third-order valence-corrected chi connectivity index (χ3v) is 3.80. The van der Waals surface area contributed by atoms with Crippen molar-refractivity contribution in [3.63, 3.8) is 0 Å². The first-order valence-corrected chi connectivity index (χ1v) is 6.46. The molecule has 0 unspecified atom stereocenters. The summed E-state index contributed by atoms with van der Waals surface area (Å²) in [7, 11) is -0.705. The Bertz CT molecular complexity index is 458. The first-order valence-electron chi connectivity index (χ1n) is 4.97. The molecule has 0 atom stereocenters. The van der Waals surface area contributed by atoms with E-state index in [1.165, 1.54) is 0 Å². The van der Waals surface area contributed by atoms with E-state index in [2.05, 4.69) is 4.98 Å². The predicted molar refractivity (Wildman–Crippen MR) is 63.5 cm³/mol. The van der Waals surface area contributed by atoms with Gasteiger partial charge in [-0.3, -0.25) is 4.21 Å². The second-order valence-corrected chi connectivity index (χ2v) is 5.25. The molecular formula is C10H12N4OS. The number of hydrogen-bond donors (Lipinski definition) is 1. The van der Waals surface area contributed by atoms with Crippen LogP contribution in [-0.2, 0) is 10.8 Å². The molecule has 2 heterocycles. The van der Waals surface area contributed by atoms with Crippen LogP contribution in [0.15, 0.2) is 12.1 Å². The van der Waals surface area contributed by atoms with Gasteiger partial charge in [0.2, 0.25) is 0 Å². The van der Waals surface area contributed by atoms with Crippen LogP contribution >= 0.6 is 0 Å². The van der Waals surface area contributed by atoms with Crippen LogP contribution in [0.4, 0.5) is 11.5 Å². The Morgan fingerprint density at radius 1 is 1.44 bits per heavy atom. The van der Waals surface area contributed by atoms with Crippen molar-refractivity contribution in [2.75, 3.05) is 35.2 Å². The lowest BCUT2D eigenvalue weighted by Crippen LogP contribution is -2.38. The monoisotopic (exact) mass is 236 g/mol. The van der Waals surface area contributed by atoms with Crippen molar-refractivity contribution in [3.05, 3.63) is 17.8 Å². The molecule has 1 aliphatic rings. The molecule has 0 amide bonds. The number of nitrogens with two attached hydrogens (primary N) is 1. The number of aromatic nitrogens is 1. The number of pyridine rings is 1. The van der Waals surface area contributed by atoms with Gasteiger partial charge in [-0.05, 0) is 12.1 Å². The maximum Gasteiger partial charge on any atom is 0.165 e. The van der Waals surface area contributed by atoms with E-state index >= 15 is 0 Å². The molecule has 0 spiro atoms. The summed E-state index contributed by atoms with van der Waals surface area (Å²) in [6.45, 7) is 1.43. The van der Waals surface area contributed by atoms with Crippen molar-refractivity contribution in [1.29, 1.82) is 5.26 Å². The fraction of sp³-hybridized carbons (Fsp3) is 0.400. The molecule has 6 heteroatoms. The summed E-state index contributed by atoms with van der Waals surface area (Å²) in [6.07, 6.45) is 0. The highest BCUT2D eigenvalue weighted by Gasteiger charge is 2.17.